The first kappa shape index (κ1) is 13.5. The van der Waals surface area contributed by atoms with Gasteiger partial charge in [-0.3, -0.25) is 4.55 Å². The molecule has 0 aromatic heterocycles. The summed E-state index contributed by atoms with van der Waals surface area (Å²) in [4.78, 5) is 0. The first-order valence-corrected chi connectivity index (χ1v) is 4.38. The summed E-state index contributed by atoms with van der Waals surface area (Å²) in [7, 11) is -5.32. The standard InChI is InChI=1S/C4H5F5O4S/c5-3(6)2(1-4(7,8)9)13-14(10,11)12/h2-3H,1H2,(H,10,11,12). The number of hydrogen-bond donors (Lipinski definition) is 1. The second kappa shape index (κ2) is 4.36. The third-order valence-electron chi connectivity index (χ3n) is 0.959. The second-order valence-corrected chi connectivity index (χ2v) is 3.26. The van der Waals surface area contributed by atoms with Crippen molar-refractivity contribution >= 4 is 10.4 Å². The van der Waals surface area contributed by atoms with Gasteiger partial charge in [0.2, 0.25) is 0 Å². The lowest BCUT2D eigenvalue weighted by Crippen LogP contribution is -2.30. The molecule has 0 rings (SSSR count). The normalized spacial score (nSPS) is 15.9. The maximum Gasteiger partial charge on any atom is 0.397 e. The molecule has 0 aromatic rings. The molecule has 0 heterocycles. The van der Waals surface area contributed by atoms with E-state index in [1.807, 2.05) is 0 Å². The van der Waals surface area contributed by atoms with Crippen molar-refractivity contribution in [3.63, 3.8) is 0 Å². The molecule has 86 valence electrons. The largest absolute Gasteiger partial charge is 0.397 e. The average molecular weight is 244 g/mol. The zero-order valence-corrected chi connectivity index (χ0v) is 7.15. The van der Waals surface area contributed by atoms with E-state index >= 15 is 0 Å². The Morgan fingerprint density at radius 3 is 1.93 bits per heavy atom. The first-order chi connectivity index (χ1) is 6.01. The smallest absolute Gasteiger partial charge is 0.264 e. The fourth-order valence-electron chi connectivity index (χ4n) is 0.549. The SMILES string of the molecule is O=S(=O)(O)OC(CC(F)(F)F)C(F)F. The molecule has 0 aromatic carbocycles. The third kappa shape index (κ3) is 6.97. The molecule has 1 N–H and O–H groups in total. The summed E-state index contributed by atoms with van der Waals surface area (Å²) in [6, 6.07) is 0. The van der Waals surface area contributed by atoms with E-state index in [2.05, 4.69) is 4.18 Å². The summed E-state index contributed by atoms with van der Waals surface area (Å²) >= 11 is 0. The van der Waals surface area contributed by atoms with Crippen LogP contribution in [0.25, 0.3) is 0 Å². The van der Waals surface area contributed by atoms with Gasteiger partial charge in [0.25, 0.3) is 6.43 Å². The topological polar surface area (TPSA) is 63.6 Å². The molecular weight excluding hydrogens is 239 g/mol. The van der Waals surface area contributed by atoms with E-state index in [1.165, 1.54) is 0 Å². The van der Waals surface area contributed by atoms with Gasteiger partial charge < -0.3 is 0 Å². The lowest BCUT2D eigenvalue weighted by molar-refractivity contribution is -0.164. The van der Waals surface area contributed by atoms with Crippen LogP contribution >= 0.6 is 0 Å². The van der Waals surface area contributed by atoms with Crippen LogP contribution < -0.4 is 0 Å². The van der Waals surface area contributed by atoms with Crippen LogP contribution in [0.5, 0.6) is 0 Å². The average Bonchev–Trinajstić information content (AvgIpc) is 1.78. The van der Waals surface area contributed by atoms with Crippen molar-refractivity contribution < 1.29 is 39.1 Å². The summed E-state index contributed by atoms with van der Waals surface area (Å²) in [5.41, 5.74) is 0. The van der Waals surface area contributed by atoms with E-state index in [9.17, 15) is 30.4 Å². The van der Waals surface area contributed by atoms with Gasteiger partial charge in [-0.25, -0.2) is 13.0 Å². The Balaban J connectivity index is 4.48. The van der Waals surface area contributed by atoms with Crippen molar-refractivity contribution in [2.75, 3.05) is 0 Å². The van der Waals surface area contributed by atoms with Gasteiger partial charge in [0.1, 0.15) is 6.10 Å². The van der Waals surface area contributed by atoms with Gasteiger partial charge in [-0.05, 0) is 0 Å². The fourth-order valence-corrected chi connectivity index (χ4v) is 1.01. The molecule has 0 bridgehead atoms. The van der Waals surface area contributed by atoms with Gasteiger partial charge in [-0.1, -0.05) is 0 Å². The number of halogens is 5. The zero-order chi connectivity index (χ0) is 11.6. The van der Waals surface area contributed by atoms with E-state index in [4.69, 9.17) is 4.55 Å². The first-order valence-electron chi connectivity index (χ1n) is 3.02. The summed E-state index contributed by atoms with van der Waals surface area (Å²) in [5.74, 6) is 0. The minimum atomic E-state index is -5.32. The van der Waals surface area contributed by atoms with E-state index in [0.717, 1.165) is 0 Å². The summed E-state index contributed by atoms with van der Waals surface area (Å²) in [5, 5.41) is 0. The van der Waals surface area contributed by atoms with Crippen LogP contribution in [0.1, 0.15) is 6.42 Å². The predicted octanol–water partition coefficient (Wildman–Crippen LogP) is 1.39. The van der Waals surface area contributed by atoms with Gasteiger partial charge in [0.05, 0.1) is 6.42 Å². The molecule has 0 fully saturated rings. The molecule has 0 aliphatic heterocycles. The lowest BCUT2D eigenvalue weighted by atomic mass is 10.2. The summed E-state index contributed by atoms with van der Waals surface area (Å²) in [6.45, 7) is 0. The highest BCUT2D eigenvalue weighted by Crippen LogP contribution is 2.26. The monoisotopic (exact) mass is 244 g/mol. The molecule has 10 heteroatoms. The van der Waals surface area contributed by atoms with Crippen molar-refractivity contribution in [1.82, 2.24) is 0 Å². The molecule has 1 unspecified atom stereocenters. The Morgan fingerprint density at radius 1 is 1.29 bits per heavy atom. The Bertz CT molecular complexity index is 270. The molecule has 4 nitrogen and oxygen atoms in total. The molecule has 1 atom stereocenters. The van der Waals surface area contributed by atoms with E-state index in [0.29, 0.717) is 0 Å². The fraction of sp³-hybridized carbons (Fsp3) is 1.00. The van der Waals surface area contributed by atoms with Crippen LogP contribution in [-0.4, -0.2) is 31.7 Å². The molecule has 0 saturated heterocycles. The zero-order valence-electron chi connectivity index (χ0n) is 6.33. The van der Waals surface area contributed by atoms with Gasteiger partial charge in [-0.2, -0.15) is 21.6 Å². The quantitative estimate of drug-likeness (QED) is 0.599. The van der Waals surface area contributed by atoms with Gasteiger partial charge in [-0.15, -0.1) is 0 Å². The van der Waals surface area contributed by atoms with Crippen molar-refractivity contribution in [3.05, 3.63) is 0 Å². The number of alkyl halides is 5. The van der Waals surface area contributed by atoms with Crippen molar-refractivity contribution in [2.24, 2.45) is 0 Å². The molecular formula is C4H5F5O4S. The number of rotatable bonds is 4. The molecule has 0 amide bonds. The highest BCUT2D eigenvalue weighted by Gasteiger charge is 2.39. The van der Waals surface area contributed by atoms with Crippen molar-refractivity contribution in [2.45, 2.75) is 25.1 Å². The second-order valence-electron chi connectivity index (χ2n) is 2.22. The molecule has 0 aliphatic rings. The summed E-state index contributed by atoms with van der Waals surface area (Å²) < 4.78 is 88.9. The van der Waals surface area contributed by atoms with Gasteiger partial charge in [0.15, 0.2) is 0 Å². The Kier molecular flexibility index (Phi) is 4.21. The molecule has 0 radical (unpaired) electrons. The van der Waals surface area contributed by atoms with E-state index in [1.54, 1.807) is 0 Å². The van der Waals surface area contributed by atoms with Crippen LogP contribution in [0, 0.1) is 0 Å². The van der Waals surface area contributed by atoms with Crippen molar-refractivity contribution in [1.29, 1.82) is 0 Å². The van der Waals surface area contributed by atoms with Gasteiger partial charge in [0, 0.05) is 0 Å². The Hall–Kier alpha value is -0.480. The van der Waals surface area contributed by atoms with Crippen LogP contribution in [0.2, 0.25) is 0 Å². The van der Waals surface area contributed by atoms with Gasteiger partial charge >= 0.3 is 16.6 Å². The Labute approximate surface area is 75.6 Å². The molecule has 0 spiro atoms. The molecule has 14 heavy (non-hydrogen) atoms. The van der Waals surface area contributed by atoms with Crippen molar-refractivity contribution in [3.8, 4) is 0 Å². The van der Waals surface area contributed by atoms with Crippen LogP contribution in [0.3, 0.4) is 0 Å². The highest BCUT2D eigenvalue weighted by atomic mass is 32.3. The van der Waals surface area contributed by atoms with E-state index < -0.39 is 35.5 Å². The van der Waals surface area contributed by atoms with Crippen LogP contribution in [0.4, 0.5) is 22.0 Å². The maximum atomic E-state index is 11.8. The molecule has 0 aliphatic carbocycles. The summed E-state index contributed by atoms with van der Waals surface area (Å²) in [6.07, 6.45) is -13.8. The van der Waals surface area contributed by atoms with Crippen LogP contribution in [-0.2, 0) is 14.6 Å². The lowest BCUT2D eigenvalue weighted by Gasteiger charge is -2.15. The van der Waals surface area contributed by atoms with E-state index in [-0.39, 0.29) is 0 Å². The minimum absolute atomic E-state index is 2.16. The third-order valence-corrected chi connectivity index (χ3v) is 1.45. The molecule has 0 saturated carbocycles. The van der Waals surface area contributed by atoms with Crippen LogP contribution in [0.15, 0.2) is 0 Å². The minimum Gasteiger partial charge on any atom is -0.264 e. The highest BCUT2D eigenvalue weighted by molar-refractivity contribution is 7.80. The number of hydrogen-bond acceptors (Lipinski definition) is 3. The predicted molar refractivity (Wildman–Crippen MR) is 33.1 cm³/mol. The maximum absolute atomic E-state index is 11.8. The Morgan fingerprint density at radius 2 is 1.71 bits per heavy atom.